The van der Waals surface area contributed by atoms with E-state index in [4.69, 9.17) is 9.47 Å². The Bertz CT molecular complexity index is 1700. The molecule has 1 aromatic heterocycles. The standard InChI is InChI=1S/C38H38F3N3O5/c39-27-9-5-23(6-10-27)34(24-7-11-28(40)12-8-24)17-30(45)15-26-18-42-20-35(41)32(26)14-13-31-19-43-29(21-48-31)22-49-38(47)44-37-33-4-2-1-3-25(33)16-36(37)46/h1-12,18,20,29,31,34,36-37,43,46H,13-17,19,21-22H2,(H,44,47)/t29-,31+,36+,37?/m0/s1. The second-order valence-electron chi connectivity index (χ2n) is 12.6. The van der Waals surface area contributed by atoms with Gasteiger partial charge in [0.05, 0.1) is 37.1 Å². The lowest BCUT2D eigenvalue weighted by molar-refractivity contribution is -0.118. The van der Waals surface area contributed by atoms with Crippen LogP contribution in [0.2, 0.25) is 0 Å². The number of nitrogens with zero attached hydrogens (tertiary/aromatic N) is 1. The van der Waals surface area contributed by atoms with Crippen LogP contribution in [0.15, 0.2) is 85.2 Å². The van der Waals surface area contributed by atoms with Crippen molar-refractivity contribution in [3.8, 4) is 0 Å². The zero-order chi connectivity index (χ0) is 34.3. The first kappa shape index (κ1) is 34.3. The fourth-order valence-corrected chi connectivity index (χ4v) is 6.62. The zero-order valence-electron chi connectivity index (χ0n) is 26.8. The molecule has 11 heteroatoms. The number of nitrogens with one attached hydrogen (secondary N) is 2. The van der Waals surface area contributed by atoms with Gasteiger partial charge in [0.25, 0.3) is 0 Å². The van der Waals surface area contributed by atoms with Gasteiger partial charge in [-0.15, -0.1) is 0 Å². The molecule has 4 aromatic rings. The van der Waals surface area contributed by atoms with E-state index in [1.807, 2.05) is 24.3 Å². The van der Waals surface area contributed by atoms with Crippen molar-refractivity contribution < 1.29 is 37.3 Å². The highest BCUT2D eigenvalue weighted by molar-refractivity contribution is 5.82. The molecule has 0 saturated carbocycles. The molecule has 0 bridgehead atoms. The minimum absolute atomic E-state index is 0.0479. The number of alkyl carbamates (subject to hydrolysis) is 1. The van der Waals surface area contributed by atoms with Crippen LogP contribution in [0.25, 0.3) is 0 Å². The maximum Gasteiger partial charge on any atom is 0.407 e. The van der Waals surface area contributed by atoms with Crippen molar-refractivity contribution >= 4 is 11.9 Å². The largest absolute Gasteiger partial charge is 0.448 e. The van der Waals surface area contributed by atoms with Gasteiger partial charge in [-0.05, 0) is 70.5 Å². The monoisotopic (exact) mass is 673 g/mol. The normalized spacial score (nSPS) is 20.2. The quantitative estimate of drug-likeness (QED) is 0.182. The second-order valence-corrected chi connectivity index (χ2v) is 12.6. The zero-order valence-corrected chi connectivity index (χ0v) is 26.8. The van der Waals surface area contributed by atoms with Gasteiger partial charge >= 0.3 is 6.09 Å². The highest BCUT2D eigenvalue weighted by Crippen LogP contribution is 2.32. The molecule has 1 aliphatic carbocycles. The maximum atomic E-state index is 15.0. The molecule has 2 aliphatic rings. The summed E-state index contributed by atoms with van der Waals surface area (Å²) in [6, 6.07) is 18.5. The van der Waals surface area contributed by atoms with E-state index in [1.54, 1.807) is 24.3 Å². The number of carbonyl (C=O) groups is 2. The maximum absolute atomic E-state index is 15.0. The Morgan fingerprint density at radius 2 is 1.67 bits per heavy atom. The van der Waals surface area contributed by atoms with E-state index in [9.17, 15) is 23.5 Å². The Labute approximate surface area is 282 Å². The number of aliphatic hydroxyl groups is 1. The number of ether oxygens (including phenoxy) is 2. The van der Waals surface area contributed by atoms with Crippen molar-refractivity contribution in [2.75, 3.05) is 19.8 Å². The third-order valence-electron chi connectivity index (χ3n) is 9.23. The van der Waals surface area contributed by atoms with Crippen LogP contribution in [0.4, 0.5) is 18.0 Å². The van der Waals surface area contributed by atoms with Crippen LogP contribution < -0.4 is 10.6 Å². The van der Waals surface area contributed by atoms with Gasteiger partial charge in [-0.1, -0.05) is 48.5 Å². The third-order valence-corrected chi connectivity index (χ3v) is 9.23. The molecule has 0 spiro atoms. The second kappa shape index (κ2) is 15.8. The molecular weight excluding hydrogens is 635 g/mol. The van der Waals surface area contributed by atoms with Gasteiger partial charge in [-0.3, -0.25) is 9.78 Å². The first-order valence-electron chi connectivity index (χ1n) is 16.4. The van der Waals surface area contributed by atoms with Gasteiger partial charge < -0.3 is 25.2 Å². The summed E-state index contributed by atoms with van der Waals surface area (Å²) in [7, 11) is 0. The molecule has 1 amide bonds. The summed E-state index contributed by atoms with van der Waals surface area (Å²) in [5.74, 6) is -1.91. The summed E-state index contributed by atoms with van der Waals surface area (Å²) < 4.78 is 53.7. The van der Waals surface area contributed by atoms with E-state index in [1.165, 1.54) is 30.5 Å². The summed E-state index contributed by atoms with van der Waals surface area (Å²) in [6.45, 7) is 0.818. The Morgan fingerprint density at radius 3 is 2.35 bits per heavy atom. The number of ketones is 1. The summed E-state index contributed by atoms with van der Waals surface area (Å²) in [5, 5.41) is 16.5. The number of rotatable bonds is 12. The number of hydrogen-bond acceptors (Lipinski definition) is 7. The van der Waals surface area contributed by atoms with Gasteiger partial charge in [0, 0.05) is 37.9 Å². The first-order chi connectivity index (χ1) is 23.7. The van der Waals surface area contributed by atoms with Gasteiger partial charge in [0.15, 0.2) is 0 Å². The number of amides is 1. The van der Waals surface area contributed by atoms with E-state index in [0.29, 0.717) is 48.1 Å². The number of benzene rings is 3. The average Bonchev–Trinajstić information content (AvgIpc) is 3.41. The first-order valence-corrected chi connectivity index (χ1v) is 16.4. The molecule has 6 rings (SSSR count). The van der Waals surface area contributed by atoms with Crippen molar-refractivity contribution in [2.24, 2.45) is 0 Å². The molecule has 1 unspecified atom stereocenters. The third kappa shape index (κ3) is 8.72. The Hall–Kier alpha value is -4.58. The van der Waals surface area contributed by atoms with Gasteiger partial charge in [-0.2, -0.15) is 0 Å². The van der Waals surface area contributed by atoms with Crippen LogP contribution in [0.3, 0.4) is 0 Å². The van der Waals surface area contributed by atoms with E-state index in [-0.39, 0.29) is 44.0 Å². The van der Waals surface area contributed by atoms with Crippen LogP contribution in [0, 0.1) is 17.5 Å². The van der Waals surface area contributed by atoms with Crippen LogP contribution in [0.1, 0.15) is 58.2 Å². The van der Waals surface area contributed by atoms with Crippen molar-refractivity contribution in [1.29, 1.82) is 0 Å². The van der Waals surface area contributed by atoms with Gasteiger partial charge in [-0.25, -0.2) is 18.0 Å². The van der Waals surface area contributed by atoms with E-state index < -0.39 is 41.6 Å². The number of aliphatic hydroxyl groups excluding tert-OH is 1. The molecule has 49 heavy (non-hydrogen) atoms. The van der Waals surface area contributed by atoms with E-state index >= 15 is 4.39 Å². The Kier molecular flexibility index (Phi) is 11.0. The SMILES string of the molecule is O=C(Cc1cncc(F)c1CC[C@@H]1CN[C@H](COC(=O)NC2c3ccccc3C[C@H]2O)CO1)CC(c1ccc(F)cc1)c1ccc(F)cc1. The van der Waals surface area contributed by atoms with Crippen molar-refractivity contribution in [1.82, 2.24) is 15.6 Å². The van der Waals surface area contributed by atoms with Crippen LogP contribution in [-0.4, -0.2) is 60.0 Å². The van der Waals surface area contributed by atoms with Gasteiger partial charge in [0.2, 0.25) is 0 Å². The molecule has 4 atom stereocenters. The van der Waals surface area contributed by atoms with Crippen LogP contribution >= 0.6 is 0 Å². The average molecular weight is 674 g/mol. The molecule has 2 heterocycles. The number of fused-ring (bicyclic) bond motifs is 1. The number of halogens is 3. The minimum atomic E-state index is -0.717. The molecule has 0 radical (unpaired) electrons. The predicted molar refractivity (Wildman–Crippen MR) is 175 cm³/mol. The molecule has 256 valence electrons. The highest BCUT2D eigenvalue weighted by Gasteiger charge is 2.33. The van der Waals surface area contributed by atoms with Crippen molar-refractivity contribution in [3.05, 3.63) is 136 Å². The lowest BCUT2D eigenvalue weighted by atomic mass is 9.85. The molecular formula is C38H38F3N3O5. The smallest absolute Gasteiger partial charge is 0.407 e. The molecule has 3 N–H and O–H groups in total. The molecule has 3 aromatic carbocycles. The fraction of sp³-hybridized carbons (Fsp3) is 0.342. The summed E-state index contributed by atoms with van der Waals surface area (Å²) in [5.41, 5.74) is 4.18. The summed E-state index contributed by atoms with van der Waals surface area (Å²) in [4.78, 5) is 29.9. The van der Waals surface area contributed by atoms with Gasteiger partial charge in [0.1, 0.15) is 29.8 Å². The molecule has 1 saturated heterocycles. The topological polar surface area (TPSA) is 110 Å². The van der Waals surface area contributed by atoms with E-state index in [0.717, 1.165) is 17.3 Å². The molecule has 8 nitrogen and oxygen atoms in total. The number of pyridine rings is 1. The van der Waals surface area contributed by atoms with Crippen molar-refractivity contribution in [2.45, 2.75) is 62.3 Å². The number of aromatic nitrogens is 1. The van der Waals surface area contributed by atoms with Crippen LogP contribution in [0.5, 0.6) is 0 Å². The summed E-state index contributed by atoms with van der Waals surface area (Å²) >= 11 is 0. The number of hydrogen-bond donors (Lipinski definition) is 3. The summed E-state index contributed by atoms with van der Waals surface area (Å²) in [6.07, 6.45) is 2.34. The highest BCUT2D eigenvalue weighted by atomic mass is 19.1. The molecule has 1 fully saturated rings. The number of carbonyl (C=O) groups excluding carboxylic acids is 2. The van der Waals surface area contributed by atoms with Crippen LogP contribution in [-0.2, 0) is 33.5 Å². The lowest BCUT2D eigenvalue weighted by Crippen LogP contribution is -2.49. The predicted octanol–water partition coefficient (Wildman–Crippen LogP) is 5.51. The number of morpholine rings is 1. The Balaban J connectivity index is 0.993. The van der Waals surface area contributed by atoms with Crippen molar-refractivity contribution in [3.63, 3.8) is 0 Å². The Morgan fingerprint density at radius 1 is 0.980 bits per heavy atom. The fourth-order valence-electron chi connectivity index (χ4n) is 6.62. The number of Topliss-reactive ketones (excluding diaryl/α,β-unsaturated/α-hetero) is 1. The minimum Gasteiger partial charge on any atom is -0.448 e. The van der Waals surface area contributed by atoms with E-state index in [2.05, 4.69) is 15.6 Å². The molecule has 1 aliphatic heterocycles. The lowest BCUT2D eigenvalue weighted by Gasteiger charge is -2.30.